The van der Waals surface area contributed by atoms with E-state index in [2.05, 4.69) is 30.7 Å². The Hall–Kier alpha value is -0.910. The predicted octanol–water partition coefficient (Wildman–Crippen LogP) is 1.78. The van der Waals surface area contributed by atoms with Gasteiger partial charge in [0.05, 0.1) is 0 Å². The van der Waals surface area contributed by atoms with Crippen LogP contribution in [0.5, 0.6) is 0 Å². The highest BCUT2D eigenvalue weighted by Crippen LogP contribution is 2.10. The maximum atomic E-state index is 11.5. The van der Waals surface area contributed by atoms with Gasteiger partial charge in [-0.05, 0) is 23.5 Å². The summed E-state index contributed by atoms with van der Waals surface area (Å²) in [7, 11) is -0.326. The molecule has 0 aliphatic rings. The van der Waals surface area contributed by atoms with E-state index in [9.17, 15) is 8.42 Å². The minimum atomic E-state index is -3.34. The summed E-state index contributed by atoms with van der Waals surface area (Å²) in [6.45, 7) is 4.68. The van der Waals surface area contributed by atoms with Crippen molar-refractivity contribution < 1.29 is 8.42 Å². The van der Waals surface area contributed by atoms with Gasteiger partial charge in [0, 0.05) is 20.6 Å². The van der Waals surface area contributed by atoms with Crippen molar-refractivity contribution in [2.24, 2.45) is 5.92 Å². The van der Waals surface area contributed by atoms with Crippen molar-refractivity contribution in [3.63, 3.8) is 0 Å². The van der Waals surface area contributed by atoms with E-state index in [1.54, 1.807) is 0 Å². The number of hydrogen-bond acceptors (Lipinski definition) is 2. The Labute approximate surface area is 110 Å². The van der Waals surface area contributed by atoms with E-state index < -0.39 is 10.2 Å². The first-order valence-electron chi connectivity index (χ1n) is 6.06. The summed E-state index contributed by atoms with van der Waals surface area (Å²) in [6.07, 6.45) is 1.05. The molecule has 1 rings (SSSR count). The van der Waals surface area contributed by atoms with Crippen LogP contribution in [-0.4, -0.2) is 26.8 Å². The third-order valence-electron chi connectivity index (χ3n) is 2.61. The van der Waals surface area contributed by atoms with Crippen LogP contribution in [0.2, 0.25) is 0 Å². The summed E-state index contributed by atoms with van der Waals surface area (Å²) >= 11 is 0. The number of rotatable bonds is 6. The molecule has 0 atom stereocenters. The van der Waals surface area contributed by atoms with Gasteiger partial charge in [0.2, 0.25) is 0 Å². The van der Waals surface area contributed by atoms with Crippen LogP contribution in [0.25, 0.3) is 0 Å². The van der Waals surface area contributed by atoms with E-state index in [1.165, 1.54) is 24.0 Å². The van der Waals surface area contributed by atoms with Crippen LogP contribution in [-0.2, 0) is 23.2 Å². The van der Waals surface area contributed by atoms with Gasteiger partial charge in [-0.3, -0.25) is 0 Å². The summed E-state index contributed by atoms with van der Waals surface area (Å²) in [6, 6.07) is 8.05. The average molecular weight is 270 g/mol. The van der Waals surface area contributed by atoms with Gasteiger partial charge in [0.15, 0.2) is 0 Å². The summed E-state index contributed by atoms with van der Waals surface area (Å²) < 4.78 is 26.8. The third-order valence-corrected chi connectivity index (χ3v) is 4.08. The van der Waals surface area contributed by atoms with E-state index in [-0.39, 0.29) is 0 Å². The molecule has 0 aliphatic heterocycles. The van der Waals surface area contributed by atoms with Gasteiger partial charge in [-0.1, -0.05) is 38.1 Å². The molecular formula is C13H22N2O2S. The highest BCUT2D eigenvalue weighted by atomic mass is 32.2. The first-order chi connectivity index (χ1) is 8.31. The van der Waals surface area contributed by atoms with Gasteiger partial charge < -0.3 is 0 Å². The largest absolute Gasteiger partial charge is 0.279 e. The van der Waals surface area contributed by atoms with Gasteiger partial charge in [0.25, 0.3) is 10.2 Å². The highest BCUT2D eigenvalue weighted by Gasteiger charge is 2.11. The van der Waals surface area contributed by atoms with Gasteiger partial charge >= 0.3 is 0 Å². The summed E-state index contributed by atoms with van der Waals surface area (Å²) in [5.41, 5.74) is 2.25. The monoisotopic (exact) mass is 270 g/mol. The fraction of sp³-hybridized carbons (Fsp3) is 0.538. The molecule has 1 N–H and O–H groups in total. The van der Waals surface area contributed by atoms with Crippen LogP contribution < -0.4 is 4.72 Å². The molecule has 4 nitrogen and oxygen atoms in total. The fourth-order valence-electron chi connectivity index (χ4n) is 1.57. The van der Waals surface area contributed by atoms with Crippen molar-refractivity contribution in [3.05, 3.63) is 35.4 Å². The van der Waals surface area contributed by atoms with E-state index in [4.69, 9.17) is 0 Å². The molecule has 1 aromatic rings. The van der Waals surface area contributed by atoms with Crippen molar-refractivity contribution in [3.8, 4) is 0 Å². The lowest BCUT2D eigenvalue weighted by Crippen LogP contribution is -2.35. The Morgan fingerprint density at radius 2 is 1.61 bits per heavy atom. The van der Waals surface area contributed by atoms with Crippen LogP contribution in [0.15, 0.2) is 24.3 Å². The van der Waals surface area contributed by atoms with E-state index in [1.807, 2.05) is 12.1 Å². The van der Waals surface area contributed by atoms with E-state index in [0.717, 1.165) is 12.0 Å². The van der Waals surface area contributed by atoms with Crippen molar-refractivity contribution in [1.29, 1.82) is 0 Å². The molecule has 102 valence electrons. The van der Waals surface area contributed by atoms with Crippen molar-refractivity contribution in [2.45, 2.75) is 26.8 Å². The second kappa shape index (κ2) is 6.31. The van der Waals surface area contributed by atoms with E-state index >= 15 is 0 Å². The molecule has 0 saturated heterocycles. The van der Waals surface area contributed by atoms with Crippen molar-refractivity contribution in [2.75, 3.05) is 14.1 Å². The Kier molecular flexibility index (Phi) is 5.31. The molecule has 0 aromatic heterocycles. The van der Waals surface area contributed by atoms with Crippen LogP contribution >= 0.6 is 0 Å². The molecule has 0 unspecified atom stereocenters. The zero-order chi connectivity index (χ0) is 13.8. The van der Waals surface area contributed by atoms with Crippen molar-refractivity contribution in [1.82, 2.24) is 9.03 Å². The molecule has 0 radical (unpaired) electrons. The molecule has 0 saturated carbocycles. The number of hydrogen-bond donors (Lipinski definition) is 1. The van der Waals surface area contributed by atoms with Gasteiger partial charge in [-0.15, -0.1) is 0 Å². The summed E-state index contributed by atoms with van der Waals surface area (Å²) in [4.78, 5) is 0. The molecule has 0 fully saturated rings. The molecule has 0 bridgehead atoms. The maximum Gasteiger partial charge on any atom is 0.279 e. The average Bonchev–Trinajstić information content (AvgIpc) is 2.27. The van der Waals surface area contributed by atoms with Crippen LogP contribution in [0.3, 0.4) is 0 Å². The normalized spacial score (nSPS) is 12.3. The maximum absolute atomic E-state index is 11.5. The molecule has 5 heteroatoms. The standard InChI is InChI=1S/C13H22N2O2S/c1-11(2)9-12-5-7-13(8-6-12)10-14-18(16,17)15(3)4/h5-8,11,14H,9-10H2,1-4H3. The minimum absolute atomic E-state index is 0.322. The first kappa shape index (κ1) is 15.1. The zero-order valence-corrected chi connectivity index (χ0v) is 12.3. The topological polar surface area (TPSA) is 49.4 Å². The third kappa shape index (κ3) is 4.76. The highest BCUT2D eigenvalue weighted by molar-refractivity contribution is 7.87. The van der Waals surface area contributed by atoms with Gasteiger partial charge in [0.1, 0.15) is 0 Å². The summed E-state index contributed by atoms with van der Waals surface area (Å²) in [5, 5.41) is 0. The Morgan fingerprint density at radius 1 is 1.11 bits per heavy atom. The number of nitrogens with zero attached hydrogens (tertiary/aromatic N) is 1. The smallest absolute Gasteiger partial charge is 0.198 e. The Bertz CT molecular complexity index is 464. The van der Waals surface area contributed by atoms with Gasteiger partial charge in [-0.25, -0.2) is 0 Å². The van der Waals surface area contributed by atoms with Crippen LogP contribution in [0.1, 0.15) is 25.0 Å². The molecule has 1 aromatic carbocycles. The molecular weight excluding hydrogens is 248 g/mol. The number of benzene rings is 1. The van der Waals surface area contributed by atoms with Gasteiger partial charge in [-0.2, -0.15) is 17.4 Å². The van der Waals surface area contributed by atoms with Crippen LogP contribution in [0, 0.1) is 5.92 Å². The lowest BCUT2D eigenvalue weighted by atomic mass is 10.0. The fourth-order valence-corrected chi connectivity index (χ4v) is 2.18. The molecule has 0 amide bonds. The second-order valence-electron chi connectivity index (χ2n) is 5.02. The van der Waals surface area contributed by atoms with Crippen LogP contribution in [0.4, 0.5) is 0 Å². The van der Waals surface area contributed by atoms with E-state index in [0.29, 0.717) is 12.5 Å². The first-order valence-corrected chi connectivity index (χ1v) is 7.50. The molecule has 0 spiro atoms. The molecule has 0 aliphatic carbocycles. The minimum Gasteiger partial charge on any atom is -0.198 e. The number of nitrogens with one attached hydrogen (secondary N) is 1. The Balaban J connectivity index is 2.60. The predicted molar refractivity (Wildman–Crippen MR) is 74.4 cm³/mol. The quantitative estimate of drug-likeness (QED) is 0.856. The SMILES string of the molecule is CC(C)Cc1ccc(CNS(=O)(=O)N(C)C)cc1. The summed E-state index contributed by atoms with van der Waals surface area (Å²) in [5.74, 6) is 0.628. The zero-order valence-electron chi connectivity index (χ0n) is 11.5. The molecule has 0 heterocycles. The van der Waals surface area contributed by atoms with Crippen molar-refractivity contribution >= 4 is 10.2 Å². The second-order valence-corrected chi connectivity index (χ2v) is 6.99. The Morgan fingerprint density at radius 3 is 2.06 bits per heavy atom. The lowest BCUT2D eigenvalue weighted by Gasteiger charge is -2.12. The molecule has 18 heavy (non-hydrogen) atoms. The lowest BCUT2D eigenvalue weighted by molar-refractivity contribution is 0.505.